The zero-order valence-corrected chi connectivity index (χ0v) is 16.7. The lowest BCUT2D eigenvalue weighted by Crippen LogP contribution is -2.30. The summed E-state index contributed by atoms with van der Waals surface area (Å²) in [6.07, 6.45) is 8.45. The Hall–Kier alpha value is -3.21. The monoisotopic (exact) mass is 401 g/mol. The number of rotatable bonds is 3. The highest BCUT2D eigenvalue weighted by molar-refractivity contribution is 6.07. The van der Waals surface area contributed by atoms with Gasteiger partial charge < -0.3 is 9.15 Å². The molecule has 0 unspecified atom stereocenters. The summed E-state index contributed by atoms with van der Waals surface area (Å²) in [7, 11) is 0. The van der Waals surface area contributed by atoms with Crippen LogP contribution in [-0.4, -0.2) is 22.8 Å². The van der Waals surface area contributed by atoms with Gasteiger partial charge in [0.05, 0.1) is 23.0 Å². The molecule has 1 fully saturated rings. The first kappa shape index (κ1) is 18.8. The minimum absolute atomic E-state index is 0.0280. The van der Waals surface area contributed by atoms with Crippen molar-refractivity contribution in [1.29, 1.82) is 0 Å². The normalized spacial score (nSPS) is 20.3. The number of nitrogens with zero attached hydrogens (tertiary/aromatic N) is 1. The summed E-state index contributed by atoms with van der Waals surface area (Å²) < 4.78 is 11.2. The van der Waals surface area contributed by atoms with Crippen LogP contribution in [0.5, 0.6) is 0 Å². The maximum atomic E-state index is 13.3. The molecule has 5 nitrogen and oxygen atoms in total. The van der Waals surface area contributed by atoms with Crippen LogP contribution in [0.1, 0.15) is 65.9 Å². The van der Waals surface area contributed by atoms with Gasteiger partial charge in [0.1, 0.15) is 5.76 Å². The van der Waals surface area contributed by atoms with E-state index in [0.29, 0.717) is 18.4 Å². The van der Waals surface area contributed by atoms with Crippen LogP contribution in [-0.2, 0) is 16.0 Å². The molecule has 2 aromatic heterocycles. The molecule has 1 saturated carbocycles. The summed E-state index contributed by atoms with van der Waals surface area (Å²) in [6.45, 7) is 0. The first-order chi connectivity index (χ1) is 14.7. The molecule has 0 N–H and O–H groups in total. The second-order valence-corrected chi connectivity index (χ2v) is 7.98. The number of benzene rings is 1. The molecule has 2 aliphatic rings. The number of ether oxygens (including phenoxy) is 1. The molecule has 0 amide bonds. The molecule has 5 heteroatoms. The van der Waals surface area contributed by atoms with E-state index in [2.05, 4.69) is 0 Å². The largest absolute Gasteiger partial charge is 0.465 e. The number of Topliss-reactive ketones (excluding diaryl/α,β-unsaturated/α-hetero) is 1. The van der Waals surface area contributed by atoms with Gasteiger partial charge in [0, 0.05) is 11.8 Å². The van der Waals surface area contributed by atoms with Crippen molar-refractivity contribution in [2.24, 2.45) is 0 Å². The molecule has 30 heavy (non-hydrogen) atoms. The Morgan fingerprint density at radius 3 is 2.80 bits per heavy atom. The lowest BCUT2D eigenvalue weighted by atomic mass is 9.86. The third-order valence-corrected chi connectivity index (χ3v) is 5.98. The highest BCUT2D eigenvalue weighted by Gasteiger charge is 2.30. The van der Waals surface area contributed by atoms with Gasteiger partial charge in [-0.1, -0.05) is 18.2 Å². The average molecular weight is 401 g/mol. The lowest BCUT2D eigenvalue weighted by Gasteiger charge is -2.24. The van der Waals surface area contributed by atoms with E-state index in [1.165, 1.54) is 0 Å². The van der Waals surface area contributed by atoms with Gasteiger partial charge in [-0.05, 0) is 73.9 Å². The van der Waals surface area contributed by atoms with Gasteiger partial charge in [-0.3, -0.25) is 4.79 Å². The summed E-state index contributed by atoms with van der Waals surface area (Å²) in [5.74, 6) is 0.384. The molecular weight excluding hydrogens is 378 g/mol. The zero-order valence-electron chi connectivity index (χ0n) is 16.7. The van der Waals surface area contributed by atoms with Crippen LogP contribution in [0.15, 0.2) is 47.1 Å². The Balaban J connectivity index is 1.62. The van der Waals surface area contributed by atoms with E-state index in [1.807, 2.05) is 42.5 Å². The van der Waals surface area contributed by atoms with Crippen molar-refractivity contribution in [1.82, 2.24) is 4.98 Å². The standard InChI is InChI=1S/C25H23NO4/c27-21-12-3-4-13-22(21)30-25(28)23-18-9-1-2-11-20(18)26-24-16(7-5-10-19(23)24)15-17-8-6-14-29-17/h1-2,6,8-9,11,14-15,22H,3-5,7,10,12-13H2/b16-15-/t22-/m1/s1. The van der Waals surface area contributed by atoms with Crippen LogP contribution in [0.4, 0.5) is 0 Å². The molecule has 1 aromatic carbocycles. The van der Waals surface area contributed by atoms with Crippen molar-refractivity contribution in [2.75, 3.05) is 0 Å². The number of hydrogen-bond acceptors (Lipinski definition) is 5. The van der Waals surface area contributed by atoms with E-state index in [9.17, 15) is 9.59 Å². The molecule has 5 rings (SSSR count). The SMILES string of the molecule is O=C(O[C@@H]1CCCCC1=O)c1c2c(nc3ccccc13)/C(=C\c1ccco1)CCC2. The topological polar surface area (TPSA) is 69.4 Å². The predicted octanol–water partition coefficient (Wildman–Crippen LogP) is 5.37. The van der Waals surface area contributed by atoms with Gasteiger partial charge in [0.2, 0.25) is 0 Å². The van der Waals surface area contributed by atoms with Gasteiger partial charge in [0.25, 0.3) is 0 Å². The summed E-state index contributed by atoms with van der Waals surface area (Å²) in [4.78, 5) is 30.5. The molecule has 152 valence electrons. The molecule has 0 saturated heterocycles. The molecule has 2 aliphatic carbocycles. The van der Waals surface area contributed by atoms with Gasteiger partial charge in [-0.2, -0.15) is 0 Å². The van der Waals surface area contributed by atoms with Gasteiger partial charge >= 0.3 is 5.97 Å². The number of esters is 1. The minimum Gasteiger partial charge on any atom is -0.465 e. The van der Waals surface area contributed by atoms with Crippen molar-refractivity contribution in [2.45, 2.75) is 51.0 Å². The third-order valence-electron chi connectivity index (χ3n) is 5.98. The first-order valence-electron chi connectivity index (χ1n) is 10.6. The third kappa shape index (κ3) is 3.45. The van der Waals surface area contributed by atoms with Gasteiger partial charge in [-0.25, -0.2) is 9.78 Å². The number of carbonyl (C=O) groups is 2. The minimum atomic E-state index is -0.629. The predicted molar refractivity (Wildman–Crippen MR) is 114 cm³/mol. The van der Waals surface area contributed by atoms with E-state index in [-0.39, 0.29) is 5.78 Å². The average Bonchev–Trinajstić information content (AvgIpc) is 3.27. The molecule has 0 bridgehead atoms. The van der Waals surface area contributed by atoms with Crippen LogP contribution < -0.4 is 0 Å². The van der Waals surface area contributed by atoms with E-state index in [0.717, 1.165) is 65.6 Å². The summed E-state index contributed by atoms with van der Waals surface area (Å²) in [5.41, 5.74) is 4.11. The number of ketones is 1. The quantitative estimate of drug-likeness (QED) is 0.552. The maximum absolute atomic E-state index is 13.3. The van der Waals surface area contributed by atoms with Crippen LogP contribution in [0, 0.1) is 0 Å². The molecule has 0 spiro atoms. The Kier molecular flexibility index (Phi) is 4.95. The van der Waals surface area contributed by atoms with Crippen molar-refractivity contribution in [3.63, 3.8) is 0 Å². The number of allylic oxidation sites excluding steroid dienone is 1. The van der Waals surface area contributed by atoms with Crippen molar-refractivity contribution in [3.8, 4) is 0 Å². The number of para-hydroxylation sites is 1. The molecule has 2 heterocycles. The Bertz CT molecular complexity index is 1140. The summed E-state index contributed by atoms with van der Waals surface area (Å²) in [6, 6.07) is 11.4. The zero-order chi connectivity index (χ0) is 20.5. The molecule has 0 radical (unpaired) electrons. The summed E-state index contributed by atoms with van der Waals surface area (Å²) in [5, 5.41) is 0.781. The maximum Gasteiger partial charge on any atom is 0.339 e. The highest BCUT2D eigenvalue weighted by Crippen LogP contribution is 2.36. The number of furan rings is 1. The van der Waals surface area contributed by atoms with Crippen LogP contribution in [0.25, 0.3) is 22.6 Å². The van der Waals surface area contributed by atoms with E-state index < -0.39 is 12.1 Å². The van der Waals surface area contributed by atoms with Crippen molar-refractivity contribution in [3.05, 3.63) is 65.2 Å². The number of aromatic nitrogens is 1. The van der Waals surface area contributed by atoms with Crippen LogP contribution >= 0.6 is 0 Å². The fourth-order valence-electron chi connectivity index (χ4n) is 4.52. The highest BCUT2D eigenvalue weighted by atomic mass is 16.5. The Morgan fingerprint density at radius 1 is 1.07 bits per heavy atom. The second kappa shape index (κ2) is 7.90. The number of fused-ring (bicyclic) bond motifs is 2. The molecule has 3 aromatic rings. The van der Waals surface area contributed by atoms with Crippen molar-refractivity contribution >= 4 is 34.3 Å². The smallest absolute Gasteiger partial charge is 0.339 e. The summed E-state index contributed by atoms with van der Waals surface area (Å²) >= 11 is 0. The lowest BCUT2D eigenvalue weighted by molar-refractivity contribution is -0.129. The van der Waals surface area contributed by atoms with Crippen LogP contribution in [0.3, 0.4) is 0 Å². The Morgan fingerprint density at radius 2 is 1.97 bits per heavy atom. The number of pyridine rings is 1. The van der Waals surface area contributed by atoms with Crippen LogP contribution in [0.2, 0.25) is 0 Å². The molecular formula is C25H23NO4. The molecule has 0 aliphatic heterocycles. The fourth-order valence-corrected chi connectivity index (χ4v) is 4.52. The van der Waals surface area contributed by atoms with E-state index >= 15 is 0 Å². The van der Waals surface area contributed by atoms with Gasteiger partial charge in [0.15, 0.2) is 11.9 Å². The second-order valence-electron chi connectivity index (χ2n) is 7.98. The fraction of sp³-hybridized carbons (Fsp3) is 0.320. The first-order valence-corrected chi connectivity index (χ1v) is 10.6. The van der Waals surface area contributed by atoms with Crippen molar-refractivity contribution < 1.29 is 18.7 Å². The van der Waals surface area contributed by atoms with Gasteiger partial charge in [-0.15, -0.1) is 0 Å². The molecule has 1 atom stereocenters. The number of hydrogen-bond donors (Lipinski definition) is 0. The number of carbonyl (C=O) groups excluding carboxylic acids is 2. The Labute approximate surface area is 174 Å². The van der Waals surface area contributed by atoms with E-state index in [1.54, 1.807) is 6.26 Å². The van der Waals surface area contributed by atoms with E-state index in [4.69, 9.17) is 14.1 Å².